The molecule has 0 aliphatic carbocycles. The lowest BCUT2D eigenvalue weighted by molar-refractivity contribution is 0.520. The van der Waals surface area contributed by atoms with Crippen LogP contribution in [0.1, 0.15) is 11.3 Å². The maximum atomic E-state index is 13.8. The molecule has 1 aromatic heterocycles. The highest BCUT2D eigenvalue weighted by Gasteiger charge is 2.14. The van der Waals surface area contributed by atoms with Crippen LogP contribution in [0.4, 0.5) is 8.78 Å². The monoisotopic (exact) mass is 315 g/mol. The number of hydrogen-bond acceptors (Lipinski definition) is 2. The molecule has 6 heteroatoms. The van der Waals surface area contributed by atoms with E-state index in [1.165, 1.54) is 12.1 Å². The van der Waals surface area contributed by atoms with Crippen molar-refractivity contribution in [3.63, 3.8) is 0 Å². The Morgan fingerprint density at radius 1 is 1.33 bits per heavy atom. The Labute approximate surface area is 112 Å². The van der Waals surface area contributed by atoms with Crippen molar-refractivity contribution in [2.24, 2.45) is 0 Å². The average Bonchev–Trinajstić information content (AvgIpc) is 2.78. The summed E-state index contributed by atoms with van der Waals surface area (Å²) < 4.78 is 29.3. The Hall–Kier alpha value is -1.27. The Morgan fingerprint density at radius 3 is 2.83 bits per heavy atom. The molecule has 0 saturated carbocycles. The third-order valence-electron chi connectivity index (χ3n) is 2.61. The molecule has 0 saturated heterocycles. The molecular weight excluding hydrogens is 304 g/mol. The molecule has 0 amide bonds. The molecule has 2 rings (SSSR count). The van der Waals surface area contributed by atoms with Gasteiger partial charge in [-0.1, -0.05) is 0 Å². The number of hydrogen-bond donors (Lipinski definition) is 1. The molecule has 0 fully saturated rings. The second-order valence-corrected chi connectivity index (χ2v) is 4.69. The highest BCUT2D eigenvalue weighted by Crippen LogP contribution is 2.22. The summed E-state index contributed by atoms with van der Waals surface area (Å²) in [6.45, 7) is 0.665. The molecular formula is C12H12BrF2N3. The largest absolute Gasteiger partial charge is 0.314 e. The highest BCUT2D eigenvalue weighted by molar-refractivity contribution is 9.10. The van der Waals surface area contributed by atoms with Gasteiger partial charge >= 0.3 is 0 Å². The quantitative estimate of drug-likeness (QED) is 0.879. The van der Waals surface area contributed by atoms with Gasteiger partial charge in [0.15, 0.2) is 0 Å². The summed E-state index contributed by atoms with van der Waals surface area (Å²) in [7, 11) is 1.80. The van der Waals surface area contributed by atoms with E-state index >= 15 is 0 Å². The first-order valence-electron chi connectivity index (χ1n) is 5.41. The van der Waals surface area contributed by atoms with Gasteiger partial charge in [-0.2, -0.15) is 5.10 Å². The van der Waals surface area contributed by atoms with Gasteiger partial charge in [-0.3, -0.25) is 4.68 Å². The van der Waals surface area contributed by atoms with Crippen molar-refractivity contribution >= 4 is 15.9 Å². The molecule has 1 N–H and O–H groups in total. The van der Waals surface area contributed by atoms with E-state index in [0.717, 1.165) is 5.69 Å². The number of rotatable bonds is 4. The van der Waals surface area contributed by atoms with Gasteiger partial charge in [-0.05, 0) is 41.2 Å². The fourth-order valence-electron chi connectivity index (χ4n) is 1.70. The minimum Gasteiger partial charge on any atom is -0.314 e. The number of halogens is 3. The lowest BCUT2D eigenvalue weighted by atomic mass is 10.2. The zero-order valence-electron chi connectivity index (χ0n) is 9.75. The Balaban J connectivity index is 2.34. The summed E-state index contributed by atoms with van der Waals surface area (Å²) in [6.07, 6.45) is 1.61. The molecule has 0 radical (unpaired) electrons. The van der Waals surface area contributed by atoms with Crippen LogP contribution in [-0.2, 0) is 13.1 Å². The highest BCUT2D eigenvalue weighted by atomic mass is 79.9. The smallest absolute Gasteiger partial charge is 0.145 e. The predicted octanol–water partition coefficient (Wildman–Crippen LogP) is 2.69. The van der Waals surface area contributed by atoms with Crippen LogP contribution in [-0.4, -0.2) is 16.8 Å². The van der Waals surface area contributed by atoms with Crippen molar-refractivity contribution < 1.29 is 8.78 Å². The van der Waals surface area contributed by atoms with Crippen molar-refractivity contribution in [2.75, 3.05) is 7.05 Å². The average molecular weight is 316 g/mol. The second kappa shape index (κ2) is 5.58. The van der Waals surface area contributed by atoms with Gasteiger partial charge in [-0.15, -0.1) is 0 Å². The fourth-order valence-corrected chi connectivity index (χ4v) is 2.07. The van der Waals surface area contributed by atoms with Crippen LogP contribution in [0.2, 0.25) is 0 Å². The van der Waals surface area contributed by atoms with Crippen molar-refractivity contribution in [1.82, 2.24) is 15.1 Å². The van der Waals surface area contributed by atoms with Crippen LogP contribution in [0.15, 0.2) is 28.9 Å². The Bertz CT molecular complexity index is 554. The lowest BCUT2D eigenvalue weighted by Gasteiger charge is -2.10. The first-order valence-corrected chi connectivity index (χ1v) is 6.20. The predicted molar refractivity (Wildman–Crippen MR) is 68.2 cm³/mol. The third kappa shape index (κ3) is 2.59. The van der Waals surface area contributed by atoms with Gasteiger partial charge in [0, 0.05) is 18.3 Å². The molecule has 0 bridgehead atoms. The molecule has 0 unspecified atom stereocenters. The summed E-state index contributed by atoms with van der Waals surface area (Å²) in [6, 6.07) is 4.40. The topological polar surface area (TPSA) is 29.9 Å². The van der Waals surface area contributed by atoms with Crippen molar-refractivity contribution in [3.05, 3.63) is 51.8 Å². The van der Waals surface area contributed by atoms with E-state index < -0.39 is 11.6 Å². The molecule has 0 atom stereocenters. The summed E-state index contributed by atoms with van der Waals surface area (Å²) >= 11 is 3.05. The first-order chi connectivity index (χ1) is 8.63. The summed E-state index contributed by atoms with van der Waals surface area (Å²) in [5, 5.41) is 7.05. The minimum atomic E-state index is -0.582. The van der Waals surface area contributed by atoms with Gasteiger partial charge in [0.05, 0.1) is 16.7 Å². The van der Waals surface area contributed by atoms with Crippen molar-refractivity contribution in [2.45, 2.75) is 13.1 Å². The number of benzene rings is 1. The molecule has 1 heterocycles. The van der Waals surface area contributed by atoms with E-state index in [1.54, 1.807) is 17.9 Å². The zero-order chi connectivity index (χ0) is 13.1. The third-order valence-corrected chi connectivity index (χ3v) is 3.22. The van der Waals surface area contributed by atoms with Crippen LogP contribution < -0.4 is 5.32 Å². The van der Waals surface area contributed by atoms with E-state index in [2.05, 4.69) is 26.3 Å². The van der Waals surface area contributed by atoms with Crippen LogP contribution in [0, 0.1) is 11.6 Å². The Kier molecular flexibility index (Phi) is 4.08. The Morgan fingerprint density at radius 2 is 2.11 bits per heavy atom. The summed E-state index contributed by atoms with van der Waals surface area (Å²) in [4.78, 5) is 0. The first kappa shape index (κ1) is 13.2. The molecule has 0 spiro atoms. The maximum absolute atomic E-state index is 13.8. The zero-order valence-corrected chi connectivity index (χ0v) is 11.3. The lowest BCUT2D eigenvalue weighted by Crippen LogP contribution is -2.14. The van der Waals surface area contributed by atoms with Gasteiger partial charge in [0.2, 0.25) is 0 Å². The SMILES string of the molecule is CNCc1ccnn1Cc1c(F)ccc(Br)c1F. The van der Waals surface area contributed by atoms with Gasteiger partial charge in [0.25, 0.3) is 0 Å². The summed E-state index contributed by atoms with van der Waals surface area (Å²) in [5.41, 5.74) is 0.877. The standard InChI is InChI=1S/C12H12BrF2N3/c1-16-6-8-4-5-17-18(8)7-9-11(14)3-2-10(13)12(9)15/h2-5,16H,6-7H2,1H3. The molecule has 1 aromatic carbocycles. The van der Waals surface area contributed by atoms with Crippen LogP contribution in [0.3, 0.4) is 0 Å². The molecule has 3 nitrogen and oxygen atoms in total. The van der Waals surface area contributed by atoms with Crippen LogP contribution in [0.25, 0.3) is 0 Å². The molecule has 96 valence electrons. The van der Waals surface area contributed by atoms with Gasteiger partial charge in [0.1, 0.15) is 11.6 Å². The molecule has 0 aliphatic heterocycles. The van der Waals surface area contributed by atoms with E-state index in [4.69, 9.17) is 0 Å². The minimum absolute atomic E-state index is 0.00503. The summed E-state index contributed by atoms with van der Waals surface area (Å²) in [5.74, 6) is -1.15. The number of aromatic nitrogens is 2. The van der Waals surface area contributed by atoms with E-state index in [1.807, 2.05) is 6.07 Å². The second-order valence-electron chi connectivity index (χ2n) is 3.83. The maximum Gasteiger partial charge on any atom is 0.145 e. The van der Waals surface area contributed by atoms with Crippen LogP contribution >= 0.6 is 15.9 Å². The van der Waals surface area contributed by atoms with Crippen LogP contribution in [0.5, 0.6) is 0 Å². The fraction of sp³-hybridized carbons (Fsp3) is 0.250. The molecule has 0 aliphatic rings. The van der Waals surface area contributed by atoms with E-state index in [-0.39, 0.29) is 16.6 Å². The van der Waals surface area contributed by atoms with Crippen molar-refractivity contribution in [3.8, 4) is 0 Å². The van der Waals surface area contributed by atoms with Gasteiger partial charge < -0.3 is 5.32 Å². The molecule has 18 heavy (non-hydrogen) atoms. The van der Waals surface area contributed by atoms with E-state index in [0.29, 0.717) is 6.54 Å². The normalized spacial score (nSPS) is 10.9. The molecule has 2 aromatic rings. The van der Waals surface area contributed by atoms with E-state index in [9.17, 15) is 8.78 Å². The van der Waals surface area contributed by atoms with Crippen molar-refractivity contribution in [1.29, 1.82) is 0 Å². The van der Waals surface area contributed by atoms with Gasteiger partial charge in [-0.25, -0.2) is 8.78 Å². The number of nitrogens with zero attached hydrogens (tertiary/aromatic N) is 2. The number of nitrogens with one attached hydrogen (secondary N) is 1.